The van der Waals surface area contributed by atoms with E-state index in [2.05, 4.69) is 20.4 Å². The minimum absolute atomic E-state index is 0.0704. The van der Waals surface area contributed by atoms with Crippen LogP contribution >= 0.6 is 0 Å². The van der Waals surface area contributed by atoms with E-state index in [0.717, 1.165) is 0 Å². The van der Waals surface area contributed by atoms with Gasteiger partial charge in [-0.15, -0.1) is 5.10 Å². The minimum Gasteiger partial charge on any atom is -0.484 e. The van der Waals surface area contributed by atoms with Crippen molar-refractivity contribution in [1.82, 2.24) is 15.0 Å². The van der Waals surface area contributed by atoms with Crippen LogP contribution in [0, 0.1) is 0 Å². The maximum absolute atomic E-state index is 12.2. The van der Waals surface area contributed by atoms with E-state index in [1.165, 1.54) is 18.0 Å². The molecular weight excluding hydrogens is 336 g/mol. The average Bonchev–Trinajstić information content (AvgIpc) is 3.17. The summed E-state index contributed by atoms with van der Waals surface area (Å²) in [7, 11) is 1.27. The Morgan fingerprint density at radius 1 is 1.08 bits per heavy atom. The molecule has 1 aromatic heterocycles. The van der Waals surface area contributed by atoms with Gasteiger partial charge in [-0.25, -0.2) is 9.48 Å². The number of methoxy groups -OCH3 is 1. The topological polar surface area (TPSA) is 95.3 Å². The van der Waals surface area contributed by atoms with Crippen LogP contribution < -0.4 is 10.1 Å². The van der Waals surface area contributed by atoms with E-state index in [0.29, 0.717) is 17.1 Å². The molecule has 3 rings (SSSR count). The van der Waals surface area contributed by atoms with E-state index in [-0.39, 0.29) is 18.2 Å². The van der Waals surface area contributed by atoms with Crippen LogP contribution in [0.2, 0.25) is 0 Å². The fraction of sp³-hybridized carbons (Fsp3) is 0.111. The molecule has 0 aliphatic carbocycles. The zero-order valence-corrected chi connectivity index (χ0v) is 14.0. The zero-order chi connectivity index (χ0) is 18.4. The summed E-state index contributed by atoms with van der Waals surface area (Å²) in [6, 6.07) is 16.1. The number of para-hydroxylation sites is 3. The van der Waals surface area contributed by atoms with Gasteiger partial charge in [-0.2, -0.15) is 0 Å². The Morgan fingerprint density at radius 2 is 1.81 bits per heavy atom. The Bertz CT molecular complexity index is 908. The molecule has 1 heterocycles. The molecule has 0 saturated heterocycles. The first-order valence-corrected chi connectivity index (χ1v) is 7.75. The van der Waals surface area contributed by atoms with E-state index >= 15 is 0 Å². The number of hydrogen-bond donors (Lipinski definition) is 1. The van der Waals surface area contributed by atoms with Crippen LogP contribution in [0.3, 0.4) is 0 Å². The fourth-order valence-corrected chi connectivity index (χ4v) is 2.21. The number of esters is 1. The molecule has 0 fully saturated rings. The molecule has 0 spiro atoms. The van der Waals surface area contributed by atoms with Gasteiger partial charge < -0.3 is 14.8 Å². The van der Waals surface area contributed by atoms with Gasteiger partial charge in [0, 0.05) is 0 Å². The van der Waals surface area contributed by atoms with Crippen LogP contribution in [0.1, 0.15) is 10.5 Å². The third-order valence-corrected chi connectivity index (χ3v) is 3.43. The van der Waals surface area contributed by atoms with Crippen LogP contribution in [-0.2, 0) is 9.53 Å². The largest absolute Gasteiger partial charge is 0.484 e. The van der Waals surface area contributed by atoms with Crippen LogP contribution in [0.5, 0.6) is 5.75 Å². The van der Waals surface area contributed by atoms with Gasteiger partial charge in [0.25, 0.3) is 5.91 Å². The lowest BCUT2D eigenvalue weighted by Gasteiger charge is -2.11. The van der Waals surface area contributed by atoms with Crippen molar-refractivity contribution in [3.63, 3.8) is 0 Å². The molecular formula is C18H16N4O4. The highest BCUT2D eigenvalue weighted by Gasteiger charge is 2.14. The number of anilines is 1. The molecule has 0 atom stereocenters. The fourth-order valence-electron chi connectivity index (χ4n) is 2.21. The summed E-state index contributed by atoms with van der Waals surface area (Å²) in [5, 5.41) is 10.4. The van der Waals surface area contributed by atoms with Crippen molar-refractivity contribution in [2.45, 2.75) is 0 Å². The number of aromatic nitrogens is 3. The van der Waals surface area contributed by atoms with Gasteiger partial charge in [0.15, 0.2) is 12.3 Å². The molecule has 0 bridgehead atoms. The average molecular weight is 352 g/mol. The lowest BCUT2D eigenvalue weighted by Crippen LogP contribution is -2.21. The van der Waals surface area contributed by atoms with Gasteiger partial charge in [-0.1, -0.05) is 35.5 Å². The summed E-state index contributed by atoms with van der Waals surface area (Å²) < 4.78 is 11.4. The van der Waals surface area contributed by atoms with Gasteiger partial charge >= 0.3 is 5.97 Å². The van der Waals surface area contributed by atoms with Gasteiger partial charge in [0.2, 0.25) is 0 Å². The SMILES string of the molecule is COC(=O)c1cn(-c2ccccc2NC(=O)COc2ccccc2)nn1. The van der Waals surface area contributed by atoms with Crippen LogP contribution in [-0.4, -0.2) is 40.6 Å². The highest BCUT2D eigenvalue weighted by atomic mass is 16.5. The normalized spacial score (nSPS) is 10.2. The van der Waals surface area contributed by atoms with Gasteiger partial charge in [-0.3, -0.25) is 4.79 Å². The summed E-state index contributed by atoms with van der Waals surface area (Å²) in [6.07, 6.45) is 1.43. The first-order chi connectivity index (χ1) is 12.7. The van der Waals surface area contributed by atoms with Gasteiger partial charge in [0.05, 0.1) is 24.7 Å². The first-order valence-electron chi connectivity index (χ1n) is 7.75. The molecule has 0 aliphatic rings. The van der Waals surface area contributed by atoms with E-state index in [9.17, 15) is 9.59 Å². The molecule has 0 unspecified atom stereocenters. The molecule has 2 aromatic carbocycles. The number of hydrogen-bond acceptors (Lipinski definition) is 6. The molecule has 1 N–H and O–H groups in total. The third-order valence-electron chi connectivity index (χ3n) is 3.43. The maximum atomic E-state index is 12.2. The Balaban J connectivity index is 1.72. The van der Waals surface area contributed by atoms with Crippen molar-refractivity contribution in [1.29, 1.82) is 0 Å². The quantitative estimate of drug-likeness (QED) is 0.683. The number of amides is 1. The number of ether oxygens (including phenoxy) is 2. The highest BCUT2D eigenvalue weighted by molar-refractivity contribution is 5.94. The summed E-state index contributed by atoms with van der Waals surface area (Å²) >= 11 is 0. The van der Waals surface area contributed by atoms with E-state index in [4.69, 9.17) is 4.74 Å². The molecule has 0 radical (unpaired) electrons. The third kappa shape index (κ3) is 4.04. The maximum Gasteiger partial charge on any atom is 0.360 e. The number of nitrogens with zero attached hydrogens (tertiary/aromatic N) is 3. The van der Waals surface area contributed by atoms with Gasteiger partial charge in [-0.05, 0) is 24.3 Å². The second-order valence-electron chi connectivity index (χ2n) is 5.21. The van der Waals surface area contributed by atoms with Crippen molar-refractivity contribution in [3.8, 4) is 11.4 Å². The number of carbonyl (C=O) groups excluding carboxylic acids is 2. The smallest absolute Gasteiger partial charge is 0.360 e. The predicted octanol–water partition coefficient (Wildman–Crippen LogP) is 2.07. The number of benzene rings is 2. The lowest BCUT2D eigenvalue weighted by atomic mass is 10.2. The zero-order valence-electron chi connectivity index (χ0n) is 14.0. The Kier molecular flexibility index (Phi) is 5.23. The van der Waals surface area contributed by atoms with E-state index in [1.54, 1.807) is 36.4 Å². The summed E-state index contributed by atoms with van der Waals surface area (Å²) in [4.78, 5) is 23.7. The monoisotopic (exact) mass is 352 g/mol. The number of rotatable bonds is 6. The molecule has 132 valence electrons. The first kappa shape index (κ1) is 17.2. The molecule has 0 aliphatic heterocycles. The molecule has 3 aromatic rings. The second-order valence-corrected chi connectivity index (χ2v) is 5.21. The molecule has 0 saturated carbocycles. The molecule has 8 heteroatoms. The van der Waals surface area contributed by atoms with Crippen molar-refractivity contribution >= 4 is 17.6 Å². The predicted molar refractivity (Wildman–Crippen MR) is 93.3 cm³/mol. The lowest BCUT2D eigenvalue weighted by molar-refractivity contribution is -0.118. The van der Waals surface area contributed by atoms with Crippen LogP contribution in [0.15, 0.2) is 60.8 Å². The van der Waals surface area contributed by atoms with Crippen molar-refractivity contribution in [2.24, 2.45) is 0 Å². The van der Waals surface area contributed by atoms with Crippen LogP contribution in [0.25, 0.3) is 5.69 Å². The summed E-state index contributed by atoms with van der Waals surface area (Å²) in [6.45, 7) is -0.136. The van der Waals surface area contributed by atoms with Crippen molar-refractivity contribution < 1.29 is 19.1 Å². The second kappa shape index (κ2) is 7.93. The number of carbonyl (C=O) groups is 2. The van der Waals surface area contributed by atoms with E-state index in [1.807, 2.05) is 18.2 Å². The van der Waals surface area contributed by atoms with E-state index < -0.39 is 5.97 Å². The molecule has 8 nitrogen and oxygen atoms in total. The van der Waals surface area contributed by atoms with Crippen LogP contribution in [0.4, 0.5) is 5.69 Å². The van der Waals surface area contributed by atoms with Gasteiger partial charge in [0.1, 0.15) is 5.75 Å². The summed E-state index contributed by atoms with van der Waals surface area (Å²) in [5.74, 6) is -0.307. The Morgan fingerprint density at radius 3 is 2.58 bits per heavy atom. The van der Waals surface area contributed by atoms with Crippen molar-refractivity contribution in [3.05, 3.63) is 66.5 Å². The van der Waals surface area contributed by atoms with Crippen molar-refractivity contribution in [2.75, 3.05) is 19.0 Å². The minimum atomic E-state index is -0.589. The Labute approximate surface area is 149 Å². The number of nitrogens with one attached hydrogen (secondary N) is 1. The molecule has 26 heavy (non-hydrogen) atoms. The summed E-state index contributed by atoms with van der Waals surface area (Å²) in [5.41, 5.74) is 1.14. The standard InChI is InChI=1S/C18H16N4O4/c1-25-18(24)15-11-22(21-20-15)16-10-6-5-9-14(16)19-17(23)12-26-13-7-3-2-4-8-13/h2-11H,12H2,1H3,(H,19,23). The molecule has 1 amide bonds. The highest BCUT2D eigenvalue weighted by Crippen LogP contribution is 2.19. The Hall–Kier alpha value is -3.68.